The van der Waals surface area contributed by atoms with E-state index < -0.39 is 0 Å². The van der Waals surface area contributed by atoms with E-state index in [4.69, 9.17) is 0 Å². The first-order chi connectivity index (χ1) is 11.2. The lowest BCUT2D eigenvalue weighted by atomic mass is 10.1. The van der Waals surface area contributed by atoms with Crippen LogP contribution in [0.3, 0.4) is 0 Å². The molecule has 2 N–H and O–H groups in total. The zero-order chi connectivity index (χ0) is 16.2. The molecule has 1 aromatic heterocycles. The molecule has 0 radical (unpaired) electrons. The van der Waals surface area contributed by atoms with Crippen molar-refractivity contribution in [1.82, 2.24) is 9.97 Å². The van der Waals surface area contributed by atoms with Crippen LogP contribution >= 0.6 is 0 Å². The third-order valence-corrected chi connectivity index (χ3v) is 3.62. The van der Waals surface area contributed by atoms with E-state index in [0.29, 0.717) is 11.0 Å². The molecule has 3 rings (SSSR count). The molecular formula is C18H17N3O2. The first-order valence-corrected chi connectivity index (χ1v) is 7.52. The fourth-order valence-electron chi connectivity index (χ4n) is 2.41. The summed E-state index contributed by atoms with van der Waals surface area (Å²) in [6, 6.07) is 14.9. The lowest BCUT2D eigenvalue weighted by Crippen LogP contribution is -2.22. The van der Waals surface area contributed by atoms with Crippen molar-refractivity contribution in [2.24, 2.45) is 0 Å². The fourth-order valence-corrected chi connectivity index (χ4v) is 2.41. The Labute approximate surface area is 133 Å². The molecule has 3 aromatic rings. The van der Waals surface area contributed by atoms with Gasteiger partial charge in [-0.3, -0.25) is 9.59 Å². The summed E-state index contributed by atoms with van der Waals surface area (Å²) in [5.41, 5.74) is 3.09. The third kappa shape index (κ3) is 3.45. The molecule has 0 saturated carbocycles. The first kappa shape index (κ1) is 15.0. The second kappa shape index (κ2) is 6.44. The Kier molecular flexibility index (Phi) is 4.19. The highest BCUT2D eigenvalue weighted by Crippen LogP contribution is 2.12. The van der Waals surface area contributed by atoms with Gasteiger partial charge in [-0.1, -0.05) is 31.2 Å². The lowest BCUT2D eigenvalue weighted by molar-refractivity contribution is -0.115. The molecule has 0 atom stereocenters. The number of carbonyl (C=O) groups excluding carboxylic acids is 1. The highest BCUT2D eigenvalue weighted by Gasteiger charge is 2.10. The van der Waals surface area contributed by atoms with Gasteiger partial charge in [0.15, 0.2) is 0 Å². The summed E-state index contributed by atoms with van der Waals surface area (Å²) in [5.74, 6) is -0.258. The number of fused-ring (bicyclic) bond motifs is 1. The second-order valence-corrected chi connectivity index (χ2v) is 5.31. The lowest BCUT2D eigenvalue weighted by Gasteiger charge is -2.07. The average molecular weight is 307 g/mol. The van der Waals surface area contributed by atoms with E-state index in [1.807, 2.05) is 36.4 Å². The van der Waals surface area contributed by atoms with Crippen molar-refractivity contribution < 1.29 is 4.79 Å². The third-order valence-electron chi connectivity index (χ3n) is 3.62. The van der Waals surface area contributed by atoms with E-state index in [2.05, 4.69) is 22.2 Å². The smallest absolute Gasteiger partial charge is 0.270 e. The van der Waals surface area contributed by atoms with Gasteiger partial charge in [0.1, 0.15) is 5.69 Å². The second-order valence-electron chi connectivity index (χ2n) is 5.31. The summed E-state index contributed by atoms with van der Waals surface area (Å²) in [6.07, 6.45) is 0.839. The molecule has 5 heteroatoms. The van der Waals surface area contributed by atoms with Crippen molar-refractivity contribution in [3.8, 4) is 0 Å². The van der Waals surface area contributed by atoms with Crippen LogP contribution in [0.4, 0.5) is 5.69 Å². The Morgan fingerprint density at radius 2 is 2.00 bits per heavy atom. The van der Waals surface area contributed by atoms with Crippen LogP contribution in [0.5, 0.6) is 0 Å². The molecule has 0 bridgehead atoms. The zero-order valence-corrected chi connectivity index (χ0v) is 12.8. The highest BCUT2D eigenvalue weighted by molar-refractivity contribution is 5.92. The van der Waals surface area contributed by atoms with Gasteiger partial charge in [-0.15, -0.1) is 0 Å². The van der Waals surface area contributed by atoms with Crippen LogP contribution in [0.25, 0.3) is 11.0 Å². The van der Waals surface area contributed by atoms with Gasteiger partial charge in [-0.05, 0) is 36.2 Å². The van der Waals surface area contributed by atoms with Crippen LogP contribution in [-0.2, 0) is 17.6 Å². The van der Waals surface area contributed by atoms with E-state index >= 15 is 0 Å². The minimum atomic E-state index is -0.332. The zero-order valence-electron chi connectivity index (χ0n) is 12.8. The predicted molar refractivity (Wildman–Crippen MR) is 90.5 cm³/mol. The number of aryl methyl sites for hydroxylation is 1. The SMILES string of the molecule is CCc1cccc(NC(=O)Cc2nc3ccccc3[nH]c2=O)c1. The van der Waals surface area contributed by atoms with E-state index in [1.165, 1.54) is 0 Å². The summed E-state index contributed by atoms with van der Waals surface area (Å²) in [6.45, 7) is 2.06. The van der Waals surface area contributed by atoms with Crippen molar-refractivity contribution >= 4 is 22.6 Å². The van der Waals surface area contributed by atoms with Crippen LogP contribution in [0.15, 0.2) is 53.3 Å². The molecule has 0 saturated heterocycles. The minimum absolute atomic E-state index is 0.0590. The van der Waals surface area contributed by atoms with Gasteiger partial charge in [0.2, 0.25) is 5.91 Å². The molecule has 0 fully saturated rings. The van der Waals surface area contributed by atoms with Gasteiger partial charge in [0, 0.05) is 5.69 Å². The molecule has 0 unspecified atom stereocenters. The van der Waals surface area contributed by atoms with Crippen molar-refractivity contribution in [2.75, 3.05) is 5.32 Å². The number of hydrogen-bond acceptors (Lipinski definition) is 3. The number of aromatic nitrogens is 2. The predicted octanol–water partition coefficient (Wildman–Crippen LogP) is 2.67. The summed E-state index contributed by atoms with van der Waals surface area (Å²) < 4.78 is 0. The molecule has 5 nitrogen and oxygen atoms in total. The normalized spacial score (nSPS) is 10.7. The van der Waals surface area contributed by atoms with Gasteiger partial charge in [-0.25, -0.2) is 4.98 Å². The first-order valence-electron chi connectivity index (χ1n) is 7.52. The summed E-state index contributed by atoms with van der Waals surface area (Å²) in [5, 5.41) is 2.81. The quantitative estimate of drug-likeness (QED) is 0.778. The number of amides is 1. The van der Waals surface area contributed by atoms with E-state index in [-0.39, 0.29) is 23.6 Å². The van der Waals surface area contributed by atoms with Gasteiger partial charge in [0.05, 0.1) is 17.5 Å². The van der Waals surface area contributed by atoms with Crippen molar-refractivity contribution in [2.45, 2.75) is 19.8 Å². The van der Waals surface area contributed by atoms with Gasteiger partial charge in [-0.2, -0.15) is 0 Å². The molecule has 0 aliphatic carbocycles. The van der Waals surface area contributed by atoms with Crippen LogP contribution < -0.4 is 10.9 Å². The maximum absolute atomic E-state index is 12.2. The maximum Gasteiger partial charge on any atom is 0.270 e. The van der Waals surface area contributed by atoms with Crippen molar-refractivity contribution in [3.63, 3.8) is 0 Å². The monoisotopic (exact) mass is 307 g/mol. The molecule has 1 heterocycles. The number of para-hydroxylation sites is 2. The van der Waals surface area contributed by atoms with E-state index in [9.17, 15) is 9.59 Å². The average Bonchev–Trinajstić information content (AvgIpc) is 2.55. The Morgan fingerprint density at radius 1 is 1.17 bits per heavy atom. The number of anilines is 1. The van der Waals surface area contributed by atoms with Crippen LogP contribution in [0.2, 0.25) is 0 Å². The maximum atomic E-state index is 12.2. The van der Waals surface area contributed by atoms with E-state index in [1.54, 1.807) is 12.1 Å². The number of hydrogen-bond donors (Lipinski definition) is 2. The standard InChI is InChI=1S/C18H17N3O2/c1-2-12-6-5-7-13(10-12)19-17(22)11-16-18(23)21-15-9-4-3-8-14(15)20-16/h3-10H,2,11H2,1H3,(H,19,22)(H,21,23). The molecule has 23 heavy (non-hydrogen) atoms. The largest absolute Gasteiger partial charge is 0.326 e. The summed E-state index contributed by atoms with van der Waals surface area (Å²) in [7, 11) is 0. The van der Waals surface area contributed by atoms with Gasteiger partial charge >= 0.3 is 0 Å². The summed E-state index contributed by atoms with van der Waals surface area (Å²) in [4.78, 5) is 31.2. The highest BCUT2D eigenvalue weighted by atomic mass is 16.2. The van der Waals surface area contributed by atoms with Crippen LogP contribution in [0, 0.1) is 0 Å². The van der Waals surface area contributed by atoms with Crippen molar-refractivity contribution in [1.29, 1.82) is 0 Å². The van der Waals surface area contributed by atoms with Gasteiger partial charge < -0.3 is 10.3 Å². The number of nitrogens with one attached hydrogen (secondary N) is 2. The molecule has 1 amide bonds. The molecule has 116 valence electrons. The Hall–Kier alpha value is -2.95. The Bertz CT molecular complexity index is 915. The minimum Gasteiger partial charge on any atom is -0.326 e. The number of nitrogens with zero attached hydrogens (tertiary/aromatic N) is 1. The summed E-state index contributed by atoms with van der Waals surface area (Å²) >= 11 is 0. The van der Waals surface area contributed by atoms with E-state index in [0.717, 1.165) is 17.7 Å². The topological polar surface area (TPSA) is 74.8 Å². The van der Waals surface area contributed by atoms with Crippen LogP contribution in [-0.4, -0.2) is 15.9 Å². The number of aromatic amines is 1. The fraction of sp³-hybridized carbons (Fsp3) is 0.167. The number of carbonyl (C=O) groups is 1. The number of benzene rings is 2. The molecular weight excluding hydrogens is 290 g/mol. The van der Waals surface area contributed by atoms with Crippen LogP contribution in [0.1, 0.15) is 18.2 Å². The number of H-pyrrole nitrogens is 1. The number of rotatable bonds is 4. The Balaban J connectivity index is 1.79. The molecule has 0 spiro atoms. The van der Waals surface area contributed by atoms with Crippen molar-refractivity contribution in [3.05, 3.63) is 70.1 Å². The van der Waals surface area contributed by atoms with Gasteiger partial charge in [0.25, 0.3) is 5.56 Å². The molecule has 2 aromatic carbocycles. The Morgan fingerprint density at radius 3 is 2.83 bits per heavy atom. The molecule has 0 aliphatic heterocycles. The molecule has 0 aliphatic rings.